The smallest absolute Gasteiger partial charge is 0.411 e. The Hall–Kier alpha value is -3.70. The minimum Gasteiger partial charge on any atom is -0.444 e. The lowest BCUT2D eigenvalue weighted by molar-refractivity contribution is -0.148. The number of nitrogens with one attached hydrogen (secondary N) is 1. The van der Waals surface area contributed by atoms with Crippen molar-refractivity contribution in [2.45, 2.75) is 76.4 Å². The van der Waals surface area contributed by atoms with Crippen LogP contribution in [0.25, 0.3) is 11.1 Å². The third-order valence-corrected chi connectivity index (χ3v) is 9.53. The van der Waals surface area contributed by atoms with Gasteiger partial charge in [0.15, 0.2) is 0 Å². The van der Waals surface area contributed by atoms with E-state index in [1.807, 2.05) is 6.07 Å². The zero-order valence-electron chi connectivity index (χ0n) is 25.9. The number of ether oxygens (including phenoxy) is 1. The van der Waals surface area contributed by atoms with Crippen molar-refractivity contribution in [1.29, 1.82) is 5.26 Å². The van der Waals surface area contributed by atoms with E-state index < -0.39 is 48.2 Å². The summed E-state index contributed by atoms with van der Waals surface area (Å²) in [4.78, 5) is 44.0. The Kier molecular flexibility index (Phi) is 9.65. The number of nitrogens with zero attached hydrogens (tertiary/aromatic N) is 4. The molecule has 3 aliphatic rings. The molecule has 2 aromatic rings. The molecule has 5 rings (SSSR count). The molecule has 3 fully saturated rings. The van der Waals surface area contributed by atoms with Gasteiger partial charge in [-0.2, -0.15) is 18.4 Å². The summed E-state index contributed by atoms with van der Waals surface area (Å²) < 4.78 is 58.9. The summed E-state index contributed by atoms with van der Waals surface area (Å²) in [5.41, 5.74) is 0.616. The molecule has 3 amide bonds. The van der Waals surface area contributed by atoms with Gasteiger partial charge in [0.2, 0.25) is 5.91 Å². The number of amides is 3. The molecule has 2 aliphatic heterocycles. The molecule has 248 valence electrons. The van der Waals surface area contributed by atoms with Crippen LogP contribution in [0.15, 0.2) is 29.6 Å². The minimum atomic E-state index is -4.29. The summed E-state index contributed by atoms with van der Waals surface area (Å²) in [6, 6.07) is 6.29. The van der Waals surface area contributed by atoms with Crippen LogP contribution < -0.4 is 5.32 Å². The SMILES string of the molecule is CC(C)(C)OC(=O)N1[C@@H]2CC[C@@H](C2)[C@H]1C(=O)N[C@H](C#N)Cc1ccc(-c2csc(C(=O)N3CCN(CC(F)(F)F)CC3)c2)cc1F. The molecule has 3 heterocycles. The molecule has 0 unspecified atom stereocenters. The third kappa shape index (κ3) is 7.81. The van der Waals surface area contributed by atoms with Crippen LogP contribution >= 0.6 is 11.3 Å². The quantitative estimate of drug-likeness (QED) is 0.408. The minimum absolute atomic E-state index is 0.0331. The highest BCUT2D eigenvalue weighted by Crippen LogP contribution is 2.43. The van der Waals surface area contributed by atoms with Gasteiger partial charge in [-0.25, -0.2) is 9.18 Å². The number of carbonyl (C=O) groups is 3. The van der Waals surface area contributed by atoms with E-state index in [1.165, 1.54) is 38.2 Å². The number of thiophene rings is 1. The summed E-state index contributed by atoms with van der Waals surface area (Å²) in [6.07, 6.45) is -2.66. The number of rotatable bonds is 7. The van der Waals surface area contributed by atoms with Crippen molar-refractivity contribution in [3.05, 3.63) is 45.9 Å². The first kappa shape index (κ1) is 33.7. The van der Waals surface area contributed by atoms with Gasteiger partial charge in [0.1, 0.15) is 23.5 Å². The number of fused-ring (bicyclic) bond motifs is 2. The van der Waals surface area contributed by atoms with Crippen LogP contribution in [0.2, 0.25) is 0 Å². The predicted octanol–water partition coefficient (Wildman–Crippen LogP) is 5.21. The van der Waals surface area contributed by atoms with Gasteiger partial charge in [0.25, 0.3) is 5.91 Å². The van der Waals surface area contributed by atoms with Crippen molar-refractivity contribution in [3.63, 3.8) is 0 Å². The van der Waals surface area contributed by atoms with Crippen molar-refractivity contribution < 1.29 is 36.7 Å². The van der Waals surface area contributed by atoms with Crippen molar-refractivity contribution in [2.24, 2.45) is 5.92 Å². The van der Waals surface area contributed by atoms with E-state index in [0.29, 0.717) is 22.4 Å². The monoisotopic (exact) mass is 663 g/mol. The van der Waals surface area contributed by atoms with E-state index in [2.05, 4.69) is 5.32 Å². The average molecular weight is 664 g/mol. The average Bonchev–Trinajstić information content (AvgIpc) is 3.73. The second-order valence-electron chi connectivity index (χ2n) is 13.1. The van der Waals surface area contributed by atoms with Gasteiger partial charge in [-0.3, -0.25) is 19.4 Å². The summed E-state index contributed by atoms with van der Waals surface area (Å²) in [5, 5.41) is 14.2. The lowest BCUT2D eigenvalue weighted by Crippen LogP contribution is -2.55. The number of hydrogen-bond donors (Lipinski definition) is 1. The molecule has 1 aromatic carbocycles. The predicted molar refractivity (Wildman–Crippen MR) is 162 cm³/mol. The van der Waals surface area contributed by atoms with Crippen LogP contribution in [0.4, 0.5) is 22.4 Å². The summed E-state index contributed by atoms with van der Waals surface area (Å²) in [5.74, 6) is -1.36. The lowest BCUT2D eigenvalue weighted by atomic mass is 9.97. The topological polar surface area (TPSA) is 106 Å². The van der Waals surface area contributed by atoms with Crippen molar-refractivity contribution >= 4 is 29.2 Å². The van der Waals surface area contributed by atoms with E-state index in [4.69, 9.17) is 4.74 Å². The fraction of sp³-hybridized carbons (Fsp3) is 0.562. The number of piperidine rings is 1. The molecule has 1 aromatic heterocycles. The lowest BCUT2D eigenvalue weighted by Gasteiger charge is -2.35. The highest BCUT2D eigenvalue weighted by molar-refractivity contribution is 7.12. The molecule has 1 saturated carbocycles. The van der Waals surface area contributed by atoms with Crippen molar-refractivity contribution in [3.8, 4) is 17.2 Å². The number of carbonyl (C=O) groups excluding carboxylic acids is 3. The van der Waals surface area contributed by atoms with E-state index in [9.17, 15) is 32.8 Å². The molecule has 2 bridgehead atoms. The number of alkyl halides is 3. The summed E-state index contributed by atoms with van der Waals surface area (Å²) >= 11 is 1.18. The fourth-order valence-electron chi connectivity index (χ4n) is 6.52. The molecular weight excluding hydrogens is 626 g/mol. The van der Waals surface area contributed by atoms with Gasteiger partial charge >= 0.3 is 12.3 Å². The molecule has 9 nitrogen and oxygen atoms in total. The second-order valence-corrected chi connectivity index (χ2v) is 14.1. The second kappa shape index (κ2) is 13.2. The summed E-state index contributed by atoms with van der Waals surface area (Å²) in [7, 11) is 0. The number of piperazine rings is 1. The van der Waals surface area contributed by atoms with E-state index >= 15 is 4.39 Å². The van der Waals surface area contributed by atoms with Gasteiger partial charge in [-0.1, -0.05) is 12.1 Å². The Morgan fingerprint density at radius 2 is 1.80 bits per heavy atom. The first-order valence-corrected chi connectivity index (χ1v) is 16.2. The number of nitriles is 1. The normalized spacial score (nSPS) is 22.4. The number of likely N-dealkylation sites (tertiary alicyclic amines) is 1. The Labute approximate surface area is 269 Å². The fourth-order valence-corrected chi connectivity index (χ4v) is 7.40. The van der Waals surface area contributed by atoms with E-state index in [1.54, 1.807) is 38.3 Å². The molecule has 46 heavy (non-hydrogen) atoms. The van der Waals surface area contributed by atoms with Crippen molar-refractivity contribution in [2.75, 3.05) is 32.7 Å². The van der Waals surface area contributed by atoms with Gasteiger partial charge < -0.3 is 15.0 Å². The molecular formula is C32H37F4N5O4S. The highest BCUT2D eigenvalue weighted by atomic mass is 32.1. The van der Waals surface area contributed by atoms with Crippen LogP contribution in [0.3, 0.4) is 0 Å². The number of halogens is 4. The molecule has 14 heteroatoms. The zero-order chi connectivity index (χ0) is 33.4. The van der Waals surface area contributed by atoms with Crippen LogP contribution in [0.5, 0.6) is 0 Å². The molecule has 1 aliphatic carbocycles. The first-order chi connectivity index (χ1) is 21.6. The Bertz CT molecular complexity index is 1510. The van der Waals surface area contributed by atoms with E-state index in [-0.39, 0.29) is 56.0 Å². The van der Waals surface area contributed by atoms with Crippen LogP contribution in [-0.2, 0) is 16.0 Å². The molecule has 0 radical (unpaired) electrons. The largest absolute Gasteiger partial charge is 0.444 e. The van der Waals surface area contributed by atoms with Crippen LogP contribution in [0.1, 0.15) is 55.3 Å². The molecule has 4 atom stereocenters. The highest BCUT2D eigenvalue weighted by Gasteiger charge is 2.52. The number of benzene rings is 1. The number of hydrogen-bond acceptors (Lipinski definition) is 7. The third-order valence-electron chi connectivity index (χ3n) is 8.61. The Morgan fingerprint density at radius 3 is 2.43 bits per heavy atom. The Morgan fingerprint density at radius 1 is 1.09 bits per heavy atom. The van der Waals surface area contributed by atoms with Gasteiger partial charge in [-0.05, 0) is 80.2 Å². The van der Waals surface area contributed by atoms with Gasteiger partial charge in [-0.15, -0.1) is 11.3 Å². The van der Waals surface area contributed by atoms with Crippen LogP contribution in [0, 0.1) is 23.1 Å². The zero-order valence-corrected chi connectivity index (χ0v) is 26.7. The standard InChI is InChI=1S/C32H37F4N5O4S/c1-31(2,3)45-30(44)41-24-7-6-21(13-24)27(41)28(42)38-23(16-37)12-20-5-4-19(14-25(20)33)22-15-26(46-17-22)29(43)40-10-8-39(9-11-40)18-32(34,35)36/h4-5,14-15,17,21,23-24,27H,6-13,18H2,1-3H3,(H,38,42)/t21-,23-,24+,27-/m0/s1. The van der Waals surface area contributed by atoms with E-state index in [0.717, 1.165) is 12.8 Å². The summed E-state index contributed by atoms with van der Waals surface area (Å²) in [6.45, 7) is 4.89. The Balaban J connectivity index is 1.19. The van der Waals surface area contributed by atoms with Gasteiger partial charge in [0, 0.05) is 38.6 Å². The first-order valence-electron chi connectivity index (χ1n) is 15.3. The van der Waals surface area contributed by atoms with Crippen LogP contribution in [-0.4, -0.2) is 95.2 Å². The maximum absolute atomic E-state index is 15.3. The molecule has 1 N–H and O–H groups in total. The molecule has 2 saturated heterocycles. The molecule has 0 spiro atoms. The van der Waals surface area contributed by atoms with Gasteiger partial charge in [0.05, 0.1) is 17.5 Å². The van der Waals surface area contributed by atoms with Crippen molar-refractivity contribution in [1.82, 2.24) is 20.0 Å². The maximum Gasteiger partial charge on any atom is 0.411 e. The maximum atomic E-state index is 15.3.